The first-order valence-corrected chi connectivity index (χ1v) is 15.1. The van der Waals surface area contributed by atoms with Crippen molar-refractivity contribution in [3.8, 4) is 11.4 Å². The Kier molecular flexibility index (Phi) is 6.37. The lowest BCUT2D eigenvalue weighted by Crippen LogP contribution is -2.44. The Labute approximate surface area is 253 Å². The number of hydrogen-bond acceptors (Lipinski definition) is 8. The van der Waals surface area contributed by atoms with Crippen molar-refractivity contribution in [3.05, 3.63) is 71.3 Å². The standard InChI is InChI=1S/C32H33N9O3/c1-37-12-14-38(15-13-37)27-19-33-25-16-21(6-8-23(25)27)35-32-34-18-24-30(36-32)41-22-7-9-28-26(17-22)39(29(42)20-44-28)10-4-2-3-5-11-40(41)31(24)43/h3,5-9,16-19,33H,2,4,10-15,20H2,1H3,(H,34,35,36)/b5-3-. The molecular formula is C32H33N9O3. The van der Waals surface area contributed by atoms with Gasteiger partial charge in [-0.25, -0.2) is 14.3 Å². The number of amides is 1. The Hall–Kier alpha value is -5.10. The van der Waals surface area contributed by atoms with Crippen LogP contribution in [0.5, 0.6) is 5.75 Å². The maximum atomic E-state index is 13.6. The Bertz CT molecular complexity index is 2000. The minimum Gasteiger partial charge on any atom is -0.482 e. The van der Waals surface area contributed by atoms with E-state index in [0.29, 0.717) is 47.2 Å². The Morgan fingerprint density at radius 2 is 1.84 bits per heavy atom. The number of rotatable bonds is 3. The minimum atomic E-state index is -0.181. The number of anilines is 4. The second kappa shape index (κ2) is 10.6. The predicted octanol–water partition coefficient (Wildman–Crippen LogP) is 3.63. The zero-order valence-corrected chi connectivity index (χ0v) is 24.5. The molecular weight excluding hydrogens is 558 g/mol. The topological polar surface area (TPSA) is 117 Å². The number of ether oxygens (including phenoxy) is 1. The average Bonchev–Trinajstić information content (AvgIpc) is 3.57. The zero-order valence-electron chi connectivity index (χ0n) is 24.5. The number of H-pyrrole nitrogens is 1. The van der Waals surface area contributed by atoms with Gasteiger partial charge in [0.15, 0.2) is 12.3 Å². The first-order chi connectivity index (χ1) is 21.5. The van der Waals surface area contributed by atoms with E-state index in [2.05, 4.69) is 56.5 Å². The van der Waals surface area contributed by atoms with E-state index in [1.165, 1.54) is 11.1 Å². The summed E-state index contributed by atoms with van der Waals surface area (Å²) in [7, 11) is 2.16. The molecule has 3 aromatic heterocycles. The summed E-state index contributed by atoms with van der Waals surface area (Å²) in [6, 6.07) is 11.8. The molecule has 3 aliphatic rings. The van der Waals surface area contributed by atoms with Crippen molar-refractivity contribution < 1.29 is 9.53 Å². The molecule has 3 aliphatic heterocycles. The third-order valence-electron chi connectivity index (χ3n) is 8.76. The number of likely N-dealkylation sites (N-methyl/N-ethyl adjacent to an activating group) is 1. The van der Waals surface area contributed by atoms with E-state index in [1.807, 2.05) is 35.0 Å². The number of piperazine rings is 1. The van der Waals surface area contributed by atoms with Crippen molar-refractivity contribution in [3.63, 3.8) is 0 Å². The van der Waals surface area contributed by atoms with Crippen molar-refractivity contribution >= 4 is 50.9 Å². The van der Waals surface area contributed by atoms with Crippen LogP contribution in [0, 0.1) is 0 Å². The lowest BCUT2D eigenvalue weighted by atomic mass is 10.1. The van der Waals surface area contributed by atoms with E-state index in [0.717, 1.165) is 50.2 Å². The van der Waals surface area contributed by atoms with Crippen molar-refractivity contribution in [1.82, 2.24) is 29.2 Å². The van der Waals surface area contributed by atoms with Crippen LogP contribution in [-0.4, -0.2) is 81.5 Å². The smallest absolute Gasteiger partial charge is 0.278 e. The normalized spacial score (nSPS) is 18.1. The van der Waals surface area contributed by atoms with Crippen molar-refractivity contribution in [2.75, 3.05) is 61.5 Å². The van der Waals surface area contributed by atoms with Crippen LogP contribution in [0.3, 0.4) is 0 Å². The molecule has 1 fully saturated rings. The molecule has 0 atom stereocenters. The van der Waals surface area contributed by atoms with Gasteiger partial charge in [0, 0.05) is 61.7 Å². The molecule has 2 N–H and O–H groups in total. The molecule has 0 unspecified atom stereocenters. The molecule has 0 saturated carbocycles. The summed E-state index contributed by atoms with van der Waals surface area (Å²) in [4.78, 5) is 45.7. The van der Waals surface area contributed by atoms with Crippen LogP contribution in [0.1, 0.15) is 12.8 Å². The molecule has 0 spiro atoms. The average molecular weight is 592 g/mol. The van der Waals surface area contributed by atoms with E-state index in [9.17, 15) is 9.59 Å². The van der Waals surface area contributed by atoms with Gasteiger partial charge in [-0.15, -0.1) is 0 Å². The van der Waals surface area contributed by atoms with Gasteiger partial charge in [0.1, 0.15) is 11.1 Å². The predicted molar refractivity (Wildman–Crippen MR) is 171 cm³/mol. The molecule has 5 aromatic rings. The number of aromatic amines is 1. The maximum absolute atomic E-state index is 13.6. The summed E-state index contributed by atoms with van der Waals surface area (Å²) >= 11 is 0. The van der Waals surface area contributed by atoms with Gasteiger partial charge in [0.05, 0.1) is 23.6 Å². The highest BCUT2D eigenvalue weighted by Gasteiger charge is 2.27. The van der Waals surface area contributed by atoms with E-state index in [1.54, 1.807) is 15.8 Å². The van der Waals surface area contributed by atoms with Gasteiger partial charge in [0.2, 0.25) is 5.95 Å². The summed E-state index contributed by atoms with van der Waals surface area (Å²) in [5.74, 6) is 0.955. The van der Waals surface area contributed by atoms with Gasteiger partial charge >= 0.3 is 0 Å². The highest BCUT2D eigenvalue weighted by atomic mass is 16.5. The number of nitrogens with zero attached hydrogens (tertiary/aromatic N) is 7. The van der Waals surface area contributed by atoms with Crippen molar-refractivity contribution in [1.29, 1.82) is 0 Å². The van der Waals surface area contributed by atoms with Crippen LogP contribution in [0.4, 0.5) is 23.0 Å². The lowest BCUT2D eigenvalue weighted by molar-refractivity contribution is -0.121. The van der Waals surface area contributed by atoms with Gasteiger partial charge in [-0.1, -0.05) is 12.2 Å². The first kappa shape index (κ1) is 26.5. The number of carbonyl (C=O) groups is 1. The van der Waals surface area contributed by atoms with Crippen LogP contribution in [0.2, 0.25) is 0 Å². The molecule has 12 nitrogen and oxygen atoms in total. The maximum Gasteiger partial charge on any atom is 0.278 e. The number of aromatic nitrogens is 5. The Morgan fingerprint density at radius 1 is 0.955 bits per heavy atom. The molecule has 44 heavy (non-hydrogen) atoms. The molecule has 2 aromatic carbocycles. The quantitative estimate of drug-likeness (QED) is 0.306. The number of carbonyl (C=O) groups excluding carboxylic acids is 1. The van der Waals surface area contributed by atoms with E-state index >= 15 is 0 Å². The van der Waals surface area contributed by atoms with Crippen LogP contribution in [0.25, 0.3) is 27.6 Å². The molecule has 6 heterocycles. The van der Waals surface area contributed by atoms with E-state index in [4.69, 9.17) is 9.72 Å². The third kappa shape index (κ3) is 4.49. The molecule has 224 valence electrons. The molecule has 1 saturated heterocycles. The van der Waals surface area contributed by atoms with Crippen LogP contribution in [0.15, 0.2) is 65.7 Å². The van der Waals surface area contributed by atoms with Crippen molar-refractivity contribution in [2.45, 2.75) is 19.4 Å². The van der Waals surface area contributed by atoms with Gasteiger partial charge < -0.3 is 29.7 Å². The van der Waals surface area contributed by atoms with Gasteiger partial charge in [-0.05, 0) is 56.3 Å². The highest BCUT2D eigenvalue weighted by molar-refractivity contribution is 5.98. The third-order valence-corrected chi connectivity index (χ3v) is 8.76. The fraction of sp³-hybridized carbons (Fsp3) is 0.312. The number of fused-ring (bicyclic) bond motifs is 6. The van der Waals surface area contributed by atoms with Crippen LogP contribution < -0.4 is 25.4 Å². The summed E-state index contributed by atoms with van der Waals surface area (Å²) in [6.07, 6.45) is 9.32. The SMILES string of the molecule is CN1CCN(c2c[nH]c3cc(Nc4ncc5c(=O)n6n(c5n4)-c4ccc5c(c4)N(CCC/C=C\C6)C(=O)CO5)ccc23)CC1. The van der Waals surface area contributed by atoms with E-state index in [-0.39, 0.29) is 18.1 Å². The summed E-state index contributed by atoms with van der Waals surface area (Å²) in [5.41, 5.74) is 4.78. The monoisotopic (exact) mass is 591 g/mol. The summed E-state index contributed by atoms with van der Waals surface area (Å²) in [5, 5.41) is 4.93. The molecule has 1 amide bonds. The number of allylic oxidation sites excluding steroid dienone is 2. The largest absolute Gasteiger partial charge is 0.482 e. The second-order valence-electron chi connectivity index (χ2n) is 11.6. The zero-order chi connectivity index (χ0) is 29.8. The Morgan fingerprint density at radius 3 is 2.73 bits per heavy atom. The molecule has 0 radical (unpaired) electrons. The summed E-state index contributed by atoms with van der Waals surface area (Å²) < 4.78 is 9.20. The van der Waals surface area contributed by atoms with Gasteiger partial charge in [0.25, 0.3) is 11.5 Å². The molecule has 12 heteroatoms. The van der Waals surface area contributed by atoms with Crippen LogP contribution in [-0.2, 0) is 11.3 Å². The minimum absolute atomic E-state index is 0.0209. The second-order valence-corrected chi connectivity index (χ2v) is 11.6. The van der Waals surface area contributed by atoms with Crippen molar-refractivity contribution in [2.24, 2.45) is 0 Å². The number of hydrogen-bond donors (Lipinski definition) is 2. The fourth-order valence-corrected chi connectivity index (χ4v) is 6.37. The highest BCUT2D eigenvalue weighted by Crippen LogP contribution is 2.35. The first-order valence-electron chi connectivity index (χ1n) is 15.1. The molecule has 8 rings (SSSR count). The number of nitrogens with one attached hydrogen (secondary N) is 2. The molecule has 2 bridgehead atoms. The lowest BCUT2D eigenvalue weighted by Gasteiger charge is -2.33. The van der Waals surface area contributed by atoms with Gasteiger partial charge in [-0.2, -0.15) is 4.98 Å². The van der Waals surface area contributed by atoms with Crippen LogP contribution >= 0.6 is 0 Å². The van der Waals surface area contributed by atoms with E-state index < -0.39 is 0 Å². The molecule has 0 aliphatic carbocycles. The van der Waals surface area contributed by atoms with Gasteiger partial charge in [-0.3, -0.25) is 9.59 Å². The Balaban J connectivity index is 1.18. The fourth-order valence-electron chi connectivity index (χ4n) is 6.37. The summed E-state index contributed by atoms with van der Waals surface area (Å²) in [6.45, 7) is 5.09. The number of benzene rings is 2.